The van der Waals surface area contributed by atoms with Gasteiger partial charge >= 0.3 is 11.2 Å². The van der Waals surface area contributed by atoms with Crippen LogP contribution in [-0.4, -0.2) is 29.7 Å². The first-order valence-electron chi connectivity index (χ1n) is 4.21. The minimum absolute atomic E-state index is 0.546. The number of halogens is 2. The molecule has 0 fully saturated rings. The Morgan fingerprint density at radius 2 is 1.83 bits per heavy atom. The second-order valence-corrected chi connectivity index (χ2v) is 5.01. The van der Waals surface area contributed by atoms with E-state index in [1.807, 2.05) is 0 Å². The maximum Gasteiger partial charge on any atom is 0.444 e. The van der Waals surface area contributed by atoms with Crippen molar-refractivity contribution in [2.24, 2.45) is 0 Å². The fourth-order valence-electron chi connectivity index (χ4n) is 1.09. The van der Waals surface area contributed by atoms with Crippen molar-refractivity contribution in [3.8, 4) is 0 Å². The predicted molar refractivity (Wildman–Crippen MR) is 52.9 cm³/mol. The molecule has 0 unspecified atom stereocenters. The summed E-state index contributed by atoms with van der Waals surface area (Å²) in [5, 5.41) is 13.5. The number of aliphatic carboxylic acids is 1. The lowest BCUT2D eigenvalue weighted by Crippen LogP contribution is -2.37. The molecule has 98 valence electrons. The number of rotatable bonds is 4. The Morgan fingerprint density at radius 3 is 2.28 bits per heavy atom. The number of nitro benzene ring substituents is 1. The molecule has 0 atom stereocenters. The molecule has 1 rings (SSSR count). The van der Waals surface area contributed by atoms with Crippen molar-refractivity contribution in [1.29, 1.82) is 0 Å². The fourth-order valence-corrected chi connectivity index (χ4v) is 2.27. The number of carboxylic acid groups (broad SMARTS) is 1. The average Bonchev–Trinajstić information content (AvgIpc) is 2.28. The molecule has 1 N–H and O–H groups in total. The van der Waals surface area contributed by atoms with Crippen LogP contribution in [0.5, 0.6) is 0 Å². The zero-order valence-corrected chi connectivity index (χ0v) is 9.23. The molecule has 0 spiro atoms. The average molecular weight is 281 g/mol. The van der Waals surface area contributed by atoms with Crippen LogP contribution in [0.2, 0.25) is 0 Å². The monoisotopic (exact) mass is 281 g/mol. The van der Waals surface area contributed by atoms with Crippen LogP contribution in [0.1, 0.15) is 0 Å². The Morgan fingerprint density at radius 1 is 1.33 bits per heavy atom. The maximum absolute atomic E-state index is 13.0. The van der Waals surface area contributed by atoms with Crippen LogP contribution in [0.4, 0.5) is 14.5 Å². The molecular formula is C8H5F2NO6S. The highest BCUT2D eigenvalue weighted by atomic mass is 32.2. The van der Waals surface area contributed by atoms with Crippen LogP contribution < -0.4 is 0 Å². The van der Waals surface area contributed by atoms with Crippen LogP contribution >= 0.6 is 0 Å². The Kier molecular flexibility index (Phi) is 3.33. The number of para-hydroxylation sites is 1. The molecule has 10 heteroatoms. The smallest absolute Gasteiger partial charge is 0.444 e. The van der Waals surface area contributed by atoms with E-state index < -0.39 is 36.6 Å². The highest BCUT2D eigenvalue weighted by molar-refractivity contribution is 7.93. The summed E-state index contributed by atoms with van der Waals surface area (Å²) in [4.78, 5) is 18.2. The third-order valence-corrected chi connectivity index (χ3v) is 3.71. The largest absolute Gasteiger partial charge is 0.476 e. The quantitative estimate of drug-likeness (QED) is 0.651. The summed E-state index contributed by atoms with van der Waals surface area (Å²) in [5.74, 6) is -2.90. The van der Waals surface area contributed by atoms with Gasteiger partial charge in [0.25, 0.3) is 15.5 Å². The maximum atomic E-state index is 13.0. The molecule has 0 aromatic heterocycles. The second kappa shape index (κ2) is 4.29. The molecule has 0 bridgehead atoms. The van der Waals surface area contributed by atoms with Gasteiger partial charge in [-0.15, -0.1) is 0 Å². The van der Waals surface area contributed by atoms with Crippen LogP contribution in [0.15, 0.2) is 29.2 Å². The van der Waals surface area contributed by atoms with Gasteiger partial charge in [-0.1, -0.05) is 12.1 Å². The Bertz CT molecular complexity index is 612. The van der Waals surface area contributed by atoms with Gasteiger partial charge < -0.3 is 5.11 Å². The van der Waals surface area contributed by atoms with Crippen molar-refractivity contribution in [1.82, 2.24) is 0 Å². The summed E-state index contributed by atoms with van der Waals surface area (Å²) >= 11 is 0. The lowest BCUT2D eigenvalue weighted by atomic mass is 10.3. The Balaban J connectivity index is 3.58. The number of nitrogens with zero attached hydrogens (tertiary/aromatic N) is 1. The van der Waals surface area contributed by atoms with Crippen molar-refractivity contribution >= 4 is 21.5 Å². The number of alkyl halides is 2. The first kappa shape index (κ1) is 14.0. The van der Waals surface area contributed by atoms with Crippen molar-refractivity contribution < 1.29 is 32.0 Å². The van der Waals surface area contributed by atoms with Gasteiger partial charge in [-0.3, -0.25) is 10.1 Å². The molecule has 0 heterocycles. The molecular weight excluding hydrogens is 276 g/mol. The summed E-state index contributed by atoms with van der Waals surface area (Å²) in [6.45, 7) is 0. The first-order valence-corrected chi connectivity index (χ1v) is 5.70. The van der Waals surface area contributed by atoms with Gasteiger partial charge in [0.1, 0.15) is 0 Å². The van der Waals surface area contributed by atoms with Crippen LogP contribution in [0.3, 0.4) is 0 Å². The molecule has 0 radical (unpaired) electrons. The standard InChI is InChI=1S/C8H5F2NO6S/c9-8(10,7(12)13)18(16,17)6-4-2-1-3-5(6)11(14)15/h1-4H,(H,12,13). The molecule has 0 aliphatic rings. The summed E-state index contributed by atoms with van der Waals surface area (Å²) in [5.41, 5.74) is -1.11. The van der Waals surface area contributed by atoms with E-state index in [0.717, 1.165) is 12.1 Å². The first-order chi connectivity index (χ1) is 8.12. The van der Waals surface area contributed by atoms with Crippen molar-refractivity contribution in [3.05, 3.63) is 34.4 Å². The van der Waals surface area contributed by atoms with Gasteiger partial charge in [-0.2, -0.15) is 8.78 Å². The molecule has 1 aromatic rings. The molecule has 0 amide bonds. The van der Waals surface area contributed by atoms with E-state index in [2.05, 4.69) is 0 Å². The number of hydrogen-bond donors (Lipinski definition) is 1. The lowest BCUT2D eigenvalue weighted by Gasteiger charge is -2.12. The minimum Gasteiger partial charge on any atom is -0.476 e. The van der Waals surface area contributed by atoms with E-state index in [-0.39, 0.29) is 0 Å². The Hall–Kier alpha value is -2.10. The van der Waals surface area contributed by atoms with Crippen molar-refractivity contribution in [3.63, 3.8) is 0 Å². The third-order valence-electron chi connectivity index (χ3n) is 1.94. The van der Waals surface area contributed by atoms with E-state index in [1.54, 1.807) is 0 Å². The van der Waals surface area contributed by atoms with Gasteiger partial charge in [0, 0.05) is 6.07 Å². The summed E-state index contributed by atoms with van der Waals surface area (Å²) in [6.07, 6.45) is 0. The zero-order valence-electron chi connectivity index (χ0n) is 8.41. The summed E-state index contributed by atoms with van der Waals surface area (Å²) < 4.78 is 48.9. The van der Waals surface area contributed by atoms with Crippen LogP contribution in [0.25, 0.3) is 0 Å². The lowest BCUT2D eigenvalue weighted by molar-refractivity contribution is -0.387. The highest BCUT2D eigenvalue weighted by Crippen LogP contribution is 2.34. The normalized spacial score (nSPS) is 12.1. The number of hydrogen-bond acceptors (Lipinski definition) is 5. The topological polar surface area (TPSA) is 115 Å². The van der Waals surface area contributed by atoms with Crippen LogP contribution in [0, 0.1) is 10.1 Å². The van der Waals surface area contributed by atoms with E-state index in [0.29, 0.717) is 12.1 Å². The number of benzene rings is 1. The van der Waals surface area contributed by atoms with Crippen LogP contribution in [-0.2, 0) is 14.6 Å². The highest BCUT2D eigenvalue weighted by Gasteiger charge is 2.55. The molecule has 18 heavy (non-hydrogen) atoms. The van der Waals surface area contributed by atoms with Crippen molar-refractivity contribution in [2.75, 3.05) is 0 Å². The third kappa shape index (κ3) is 2.01. The van der Waals surface area contributed by atoms with Crippen molar-refractivity contribution in [2.45, 2.75) is 10.2 Å². The predicted octanol–water partition coefficient (Wildman–Crippen LogP) is 1.05. The molecule has 7 nitrogen and oxygen atoms in total. The van der Waals surface area contributed by atoms with E-state index in [9.17, 15) is 32.1 Å². The molecule has 0 saturated carbocycles. The minimum atomic E-state index is -5.69. The van der Waals surface area contributed by atoms with Gasteiger partial charge in [-0.05, 0) is 6.07 Å². The van der Waals surface area contributed by atoms with Gasteiger partial charge in [-0.25, -0.2) is 13.2 Å². The van der Waals surface area contributed by atoms with Gasteiger partial charge in [0.05, 0.1) is 4.92 Å². The summed E-state index contributed by atoms with van der Waals surface area (Å²) in [6, 6.07) is 3.27. The molecule has 0 aliphatic heterocycles. The molecule has 1 aromatic carbocycles. The molecule has 0 aliphatic carbocycles. The van der Waals surface area contributed by atoms with Gasteiger partial charge in [0.2, 0.25) is 0 Å². The van der Waals surface area contributed by atoms with E-state index in [1.165, 1.54) is 0 Å². The Labute approximate surface area is 98.7 Å². The second-order valence-electron chi connectivity index (χ2n) is 3.05. The SMILES string of the molecule is O=C(O)C(F)(F)S(=O)(=O)c1ccccc1[N+](=O)[O-]. The number of nitro groups is 1. The molecule has 0 saturated heterocycles. The van der Waals surface area contributed by atoms with Gasteiger partial charge in [0.15, 0.2) is 4.90 Å². The number of sulfone groups is 1. The van der Waals surface area contributed by atoms with E-state index >= 15 is 0 Å². The zero-order chi connectivity index (χ0) is 14.1. The van der Waals surface area contributed by atoms with E-state index in [4.69, 9.17) is 5.11 Å². The fraction of sp³-hybridized carbons (Fsp3) is 0.125. The number of carboxylic acids is 1. The number of carbonyl (C=O) groups is 1. The summed E-state index contributed by atoms with van der Waals surface area (Å²) in [7, 11) is -5.69.